The third-order valence-electron chi connectivity index (χ3n) is 14.5. The topological polar surface area (TPSA) is 126 Å². The molecule has 0 radical (unpaired) electrons. The standard InChI is InChI=1S/C57H73N3O8S/c1-4-7-8-13-41-16-20-43(21-17-41)44-24-26-45(27-25-44)47-28-33-52(48(38-47)39-58-60(34-11-35-65-54(61)5-2)57-59-51-14-9-10-15-53(51)69-57)67-40-42-18-22-46(23-19-42)56(63)68-50-31-29-49(30-32-50)64-36-12-37-66-55(62)6-3/h5-6,9-10,14-15,28-33,38-39,41-46H,2-4,7-8,11-13,16-27,34-37,40H2,1H3/b58-39+. The Morgan fingerprint density at radius 1 is 0.725 bits per heavy atom. The summed E-state index contributed by atoms with van der Waals surface area (Å²) in [7, 11) is 0. The van der Waals surface area contributed by atoms with E-state index < -0.39 is 11.9 Å². The van der Waals surface area contributed by atoms with E-state index in [1.807, 2.05) is 29.4 Å². The molecule has 0 saturated heterocycles. The van der Waals surface area contributed by atoms with Crippen molar-refractivity contribution in [2.75, 3.05) is 38.0 Å². The normalized spacial score (nSPS) is 21.6. The third kappa shape index (κ3) is 15.8. The average molecular weight is 960 g/mol. The molecule has 0 N–H and O–H groups in total. The molecule has 1 heterocycles. The molecule has 3 aromatic carbocycles. The molecular weight excluding hydrogens is 887 g/mol. The third-order valence-corrected chi connectivity index (χ3v) is 15.5. The van der Waals surface area contributed by atoms with Gasteiger partial charge in [0.25, 0.3) is 0 Å². The number of nitrogens with zero attached hydrogens (tertiary/aromatic N) is 3. The van der Waals surface area contributed by atoms with Crippen LogP contribution in [-0.2, 0) is 23.9 Å². The molecule has 3 aliphatic carbocycles. The van der Waals surface area contributed by atoms with E-state index in [1.54, 1.807) is 35.6 Å². The number of thiazole rings is 1. The van der Waals surface area contributed by atoms with Crippen molar-refractivity contribution >= 4 is 50.8 Å². The zero-order valence-corrected chi connectivity index (χ0v) is 41.6. The van der Waals surface area contributed by atoms with Gasteiger partial charge in [-0.15, -0.1) is 0 Å². The van der Waals surface area contributed by atoms with Crippen LogP contribution in [-0.4, -0.2) is 62.1 Å². The molecule has 0 atom stereocenters. The Kier molecular flexibility index (Phi) is 20.1. The lowest BCUT2D eigenvalue weighted by atomic mass is 9.68. The van der Waals surface area contributed by atoms with E-state index in [9.17, 15) is 14.4 Å². The first-order valence-corrected chi connectivity index (χ1v) is 26.6. The lowest BCUT2D eigenvalue weighted by Gasteiger charge is -2.38. The first kappa shape index (κ1) is 51.4. The number of aromatic nitrogens is 1. The van der Waals surface area contributed by atoms with E-state index in [-0.39, 0.29) is 25.1 Å². The Hall–Kier alpha value is -5.49. The van der Waals surface area contributed by atoms with Crippen molar-refractivity contribution in [1.29, 1.82) is 0 Å². The zero-order valence-electron chi connectivity index (χ0n) is 40.7. The van der Waals surface area contributed by atoms with Crippen LogP contribution >= 0.6 is 11.3 Å². The smallest absolute Gasteiger partial charge is 0.330 e. The van der Waals surface area contributed by atoms with Crippen LogP contribution in [0, 0.1) is 29.6 Å². The van der Waals surface area contributed by atoms with Crippen LogP contribution in [0.5, 0.6) is 17.2 Å². The number of rotatable bonds is 25. The highest BCUT2D eigenvalue weighted by atomic mass is 32.1. The van der Waals surface area contributed by atoms with Gasteiger partial charge >= 0.3 is 17.9 Å². The van der Waals surface area contributed by atoms with Crippen LogP contribution in [0.1, 0.15) is 140 Å². The summed E-state index contributed by atoms with van der Waals surface area (Å²) in [5.74, 6) is 4.13. The number of esters is 3. The summed E-state index contributed by atoms with van der Waals surface area (Å²) >= 11 is 1.59. The largest absolute Gasteiger partial charge is 0.493 e. The Balaban J connectivity index is 0.970. The summed E-state index contributed by atoms with van der Waals surface area (Å²) in [6.07, 6.45) is 24.8. The number of para-hydroxylation sites is 1. The molecule has 0 unspecified atom stereocenters. The summed E-state index contributed by atoms with van der Waals surface area (Å²) in [6, 6.07) is 21.8. The summed E-state index contributed by atoms with van der Waals surface area (Å²) < 4.78 is 29.6. The molecular formula is C57H73N3O8S. The number of unbranched alkanes of at least 4 members (excludes halogenated alkanes) is 2. The molecule has 3 aliphatic rings. The van der Waals surface area contributed by atoms with Crippen molar-refractivity contribution in [1.82, 2.24) is 4.98 Å². The minimum atomic E-state index is -0.452. The first-order chi connectivity index (χ1) is 33.8. The zero-order chi connectivity index (χ0) is 48.2. The highest BCUT2D eigenvalue weighted by Crippen LogP contribution is 2.45. The maximum absolute atomic E-state index is 13.2. The summed E-state index contributed by atoms with van der Waals surface area (Å²) in [5.41, 5.74) is 3.19. The molecule has 370 valence electrons. The average Bonchev–Trinajstić information content (AvgIpc) is 3.83. The van der Waals surface area contributed by atoms with E-state index in [4.69, 9.17) is 33.8 Å². The van der Waals surface area contributed by atoms with Crippen molar-refractivity contribution in [2.45, 2.75) is 128 Å². The van der Waals surface area contributed by atoms with Crippen LogP contribution in [0.25, 0.3) is 10.2 Å². The van der Waals surface area contributed by atoms with Crippen LogP contribution < -0.4 is 19.2 Å². The number of hydrazone groups is 1. The molecule has 0 spiro atoms. The van der Waals surface area contributed by atoms with Gasteiger partial charge in [0.15, 0.2) is 0 Å². The van der Waals surface area contributed by atoms with Crippen molar-refractivity contribution < 1.29 is 38.1 Å². The number of carbonyl (C=O) groups is 3. The maximum Gasteiger partial charge on any atom is 0.330 e. The fraction of sp³-hybridized carbons (Fsp3) is 0.526. The molecule has 0 aliphatic heterocycles. The second-order valence-electron chi connectivity index (χ2n) is 19.2. The highest BCUT2D eigenvalue weighted by Gasteiger charge is 2.32. The van der Waals surface area contributed by atoms with Gasteiger partial charge in [0.2, 0.25) is 5.13 Å². The molecule has 4 aromatic rings. The van der Waals surface area contributed by atoms with Gasteiger partial charge < -0.3 is 23.7 Å². The van der Waals surface area contributed by atoms with Gasteiger partial charge in [-0.1, -0.05) is 88.1 Å². The number of benzene rings is 3. The van der Waals surface area contributed by atoms with E-state index in [0.717, 1.165) is 76.2 Å². The lowest BCUT2D eigenvalue weighted by Crippen LogP contribution is -2.27. The number of ether oxygens (including phenoxy) is 5. The van der Waals surface area contributed by atoms with Gasteiger partial charge in [0.05, 0.1) is 48.8 Å². The number of fused-ring (bicyclic) bond motifs is 1. The van der Waals surface area contributed by atoms with Crippen molar-refractivity contribution in [3.8, 4) is 17.2 Å². The molecule has 69 heavy (non-hydrogen) atoms. The Bertz CT molecular complexity index is 2250. The quantitative estimate of drug-likeness (QED) is 0.0158. The van der Waals surface area contributed by atoms with Crippen molar-refractivity contribution in [3.63, 3.8) is 0 Å². The fourth-order valence-corrected chi connectivity index (χ4v) is 11.4. The van der Waals surface area contributed by atoms with E-state index >= 15 is 0 Å². The fourth-order valence-electron chi connectivity index (χ4n) is 10.4. The summed E-state index contributed by atoms with van der Waals surface area (Å²) in [5, 5.41) is 7.75. The summed E-state index contributed by atoms with van der Waals surface area (Å²) in [4.78, 5) is 41.2. The SMILES string of the molecule is C=CC(=O)OCCCOc1ccc(OC(=O)C2CCC(COc3ccc(C4CCC(C5CCC(CCCCC)CC5)CC4)cc3/C=N/N(CCCOC(=O)C=C)c3nc4ccccc4s3)CC2)cc1. The number of hydrogen-bond acceptors (Lipinski definition) is 12. The highest BCUT2D eigenvalue weighted by molar-refractivity contribution is 7.22. The van der Waals surface area contributed by atoms with Gasteiger partial charge in [-0.3, -0.25) is 4.79 Å². The van der Waals surface area contributed by atoms with Gasteiger partial charge in [0.1, 0.15) is 17.2 Å². The van der Waals surface area contributed by atoms with Gasteiger partial charge in [0, 0.05) is 37.1 Å². The van der Waals surface area contributed by atoms with E-state index in [2.05, 4.69) is 44.3 Å². The number of anilines is 1. The number of hydrogen-bond donors (Lipinski definition) is 0. The monoisotopic (exact) mass is 960 g/mol. The van der Waals surface area contributed by atoms with Gasteiger partial charge in [-0.05, 0) is 148 Å². The Morgan fingerprint density at radius 2 is 1.39 bits per heavy atom. The molecule has 0 bridgehead atoms. The minimum absolute atomic E-state index is 0.174. The Morgan fingerprint density at radius 3 is 2.09 bits per heavy atom. The number of carbonyl (C=O) groups excluding carboxylic acids is 3. The van der Waals surface area contributed by atoms with Crippen molar-refractivity contribution in [2.24, 2.45) is 34.7 Å². The predicted octanol–water partition coefficient (Wildman–Crippen LogP) is 13.2. The Labute approximate surface area is 413 Å². The summed E-state index contributed by atoms with van der Waals surface area (Å²) in [6.45, 7) is 11.2. The second kappa shape index (κ2) is 27.0. The van der Waals surface area contributed by atoms with E-state index in [0.29, 0.717) is 55.9 Å². The molecule has 0 amide bonds. The van der Waals surface area contributed by atoms with Crippen LogP contribution in [0.2, 0.25) is 0 Å². The molecule has 11 nitrogen and oxygen atoms in total. The molecule has 3 saturated carbocycles. The van der Waals surface area contributed by atoms with Crippen LogP contribution in [0.15, 0.2) is 97.1 Å². The van der Waals surface area contributed by atoms with Gasteiger partial charge in [-0.25, -0.2) is 19.6 Å². The van der Waals surface area contributed by atoms with E-state index in [1.165, 1.54) is 88.7 Å². The van der Waals surface area contributed by atoms with Gasteiger partial charge in [-0.2, -0.15) is 5.10 Å². The van der Waals surface area contributed by atoms with Crippen molar-refractivity contribution in [3.05, 3.63) is 103 Å². The first-order valence-electron chi connectivity index (χ1n) is 25.7. The maximum atomic E-state index is 13.2. The van der Waals surface area contributed by atoms with Crippen LogP contribution in [0.3, 0.4) is 0 Å². The predicted molar refractivity (Wildman–Crippen MR) is 275 cm³/mol. The molecule has 12 heteroatoms. The lowest BCUT2D eigenvalue weighted by molar-refractivity contribution is -0.140. The molecule has 7 rings (SSSR count). The van der Waals surface area contributed by atoms with Crippen LogP contribution in [0.4, 0.5) is 5.13 Å². The molecule has 3 fully saturated rings. The minimum Gasteiger partial charge on any atom is -0.493 e. The second-order valence-corrected chi connectivity index (χ2v) is 20.2. The molecule has 1 aromatic heterocycles.